The van der Waals surface area contributed by atoms with Crippen LogP contribution in [0.1, 0.15) is 33.6 Å². The Kier molecular flexibility index (Phi) is 5.51. The van der Waals surface area contributed by atoms with Gasteiger partial charge in [-0.25, -0.2) is 0 Å². The van der Waals surface area contributed by atoms with Gasteiger partial charge in [0.05, 0.1) is 0 Å². The van der Waals surface area contributed by atoms with Gasteiger partial charge in [0, 0.05) is 12.6 Å². The summed E-state index contributed by atoms with van der Waals surface area (Å²) in [7, 11) is 0. The molecule has 2 unspecified atom stereocenters. The van der Waals surface area contributed by atoms with Crippen LogP contribution in [0, 0.1) is 11.8 Å². The summed E-state index contributed by atoms with van der Waals surface area (Å²) in [5.74, 6) is 1.16. The molecule has 0 aliphatic carbocycles. The zero-order valence-electron chi connectivity index (χ0n) is 7.88. The van der Waals surface area contributed by atoms with Crippen LogP contribution in [0.3, 0.4) is 0 Å². The van der Waals surface area contributed by atoms with Crippen LogP contribution >= 0.6 is 0 Å². The summed E-state index contributed by atoms with van der Waals surface area (Å²) in [5, 5.41) is 8.74. The fourth-order valence-corrected chi connectivity index (χ4v) is 1.37. The molecule has 0 fully saturated rings. The van der Waals surface area contributed by atoms with Crippen LogP contribution in [0.2, 0.25) is 0 Å². The van der Waals surface area contributed by atoms with Crippen molar-refractivity contribution in [2.45, 2.75) is 39.7 Å². The molecule has 68 valence electrons. The Morgan fingerprint density at radius 1 is 1.27 bits per heavy atom. The largest absolute Gasteiger partial charge is 0.396 e. The first-order valence-corrected chi connectivity index (χ1v) is 4.44. The summed E-state index contributed by atoms with van der Waals surface area (Å²) < 4.78 is 0. The summed E-state index contributed by atoms with van der Waals surface area (Å²) in [6.07, 6.45) is 1.97. The van der Waals surface area contributed by atoms with E-state index in [1.165, 1.54) is 0 Å². The van der Waals surface area contributed by atoms with Crippen LogP contribution in [-0.2, 0) is 0 Å². The van der Waals surface area contributed by atoms with Gasteiger partial charge in [-0.1, -0.05) is 13.8 Å². The maximum Gasteiger partial charge on any atom is 0.0434 e. The van der Waals surface area contributed by atoms with E-state index in [2.05, 4.69) is 13.8 Å². The van der Waals surface area contributed by atoms with Crippen LogP contribution in [0.5, 0.6) is 0 Å². The van der Waals surface area contributed by atoms with Gasteiger partial charge in [0.15, 0.2) is 0 Å². The van der Waals surface area contributed by atoms with E-state index < -0.39 is 0 Å². The molecule has 0 rings (SSSR count). The normalized spacial score (nSPS) is 16.9. The molecule has 0 aromatic carbocycles. The van der Waals surface area contributed by atoms with Crippen LogP contribution < -0.4 is 5.73 Å². The predicted molar refractivity (Wildman–Crippen MR) is 48.3 cm³/mol. The summed E-state index contributed by atoms with van der Waals surface area (Å²) in [4.78, 5) is 0. The maximum absolute atomic E-state index is 8.74. The minimum atomic E-state index is 0.213. The zero-order chi connectivity index (χ0) is 8.85. The van der Waals surface area contributed by atoms with Gasteiger partial charge in [0.1, 0.15) is 0 Å². The lowest BCUT2D eigenvalue weighted by atomic mass is 9.89. The van der Waals surface area contributed by atoms with Gasteiger partial charge in [0.25, 0.3) is 0 Å². The van der Waals surface area contributed by atoms with Crippen molar-refractivity contribution in [2.75, 3.05) is 6.61 Å². The molecule has 0 saturated carbocycles. The molecule has 0 aliphatic rings. The highest BCUT2D eigenvalue weighted by Gasteiger charge is 2.14. The van der Waals surface area contributed by atoms with Crippen molar-refractivity contribution in [2.24, 2.45) is 17.6 Å². The molecule has 0 amide bonds. The second-order valence-electron chi connectivity index (χ2n) is 3.76. The van der Waals surface area contributed by atoms with E-state index in [1.54, 1.807) is 0 Å². The predicted octanol–water partition coefficient (Wildman–Crippen LogP) is 1.38. The van der Waals surface area contributed by atoms with Crippen LogP contribution in [0.15, 0.2) is 0 Å². The summed E-state index contributed by atoms with van der Waals surface area (Å²) in [6, 6.07) is 0.213. The van der Waals surface area contributed by atoms with E-state index >= 15 is 0 Å². The van der Waals surface area contributed by atoms with Crippen molar-refractivity contribution in [3.05, 3.63) is 0 Å². The molecule has 0 radical (unpaired) electrons. The highest BCUT2D eigenvalue weighted by molar-refractivity contribution is 4.69. The van der Waals surface area contributed by atoms with Crippen LogP contribution in [-0.4, -0.2) is 17.8 Å². The van der Waals surface area contributed by atoms with Crippen molar-refractivity contribution in [1.29, 1.82) is 0 Å². The maximum atomic E-state index is 8.74. The van der Waals surface area contributed by atoms with Crippen molar-refractivity contribution < 1.29 is 5.11 Å². The van der Waals surface area contributed by atoms with Gasteiger partial charge in [-0.3, -0.25) is 0 Å². The van der Waals surface area contributed by atoms with Crippen molar-refractivity contribution in [3.63, 3.8) is 0 Å². The minimum absolute atomic E-state index is 0.213. The van der Waals surface area contributed by atoms with Crippen LogP contribution in [0.25, 0.3) is 0 Å². The average Bonchev–Trinajstić information content (AvgIpc) is 1.86. The molecule has 2 atom stereocenters. The molecule has 2 heteroatoms. The molecule has 3 N–H and O–H groups in total. The third-order valence-corrected chi connectivity index (χ3v) is 2.02. The molecular formula is C9H21NO. The highest BCUT2D eigenvalue weighted by atomic mass is 16.3. The van der Waals surface area contributed by atoms with Gasteiger partial charge in [-0.2, -0.15) is 0 Å². The van der Waals surface area contributed by atoms with Gasteiger partial charge in [-0.15, -0.1) is 0 Å². The van der Waals surface area contributed by atoms with Crippen molar-refractivity contribution >= 4 is 0 Å². The smallest absolute Gasteiger partial charge is 0.0434 e. The Morgan fingerprint density at radius 3 is 2.09 bits per heavy atom. The minimum Gasteiger partial charge on any atom is -0.396 e. The molecule has 0 aromatic rings. The number of hydrogen-bond donors (Lipinski definition) is 2. The summed E-state index contributed by atoms with van der Waals surface area (Å²) in [5.41, 5.74) is 5.76. The molecule has 0 aromatic heterocycles. The fourth-order valence-electron chi connectivity index (χ4n) is 1.37. The van der Waals surface area contributed by atoms with E-state index in [9.17, 15) is 0 Å². The van der Waals surface area contributed by atoms with E-state index in [0.29, 0.717) is 11.8 Å². The average molecular weight is 159 g/mol. The number of hydrogen-bond acceptors (Lipinski definition) is 2. The van der Waals surface area contributed by atoms with Crippen molar-refractivity contribution in [1.82, 2.24) is 0 Å². The zero-order valence-corrected chi connectivity index (χ0v) is 7.88. The number of aliphatic hydroxyl groups is 1. The number of aliphatic hydroxyl groups excluding tert-OH is 1. The SMILES string of the molecule is CC(C)CC(CCO)C(C)N. The number of rotatable bonds is 5. The Labute approximate surface area is 69.8 Å². The van der Waals surface area contributed by atoms with E-state index in [1.807, 2.05) is 6.92 Å². The first-order chi connectivity index (χ1) is 5.07. The molecule has 2 nitrogen and oxygen atoms in total. The first kappa shape index (κ1) is 10.9. The second kappa shape index (κ2) is 5.56. The molecule has 0 aliphatic heterocycles. The fraction of sp³-hybridized carbons (Fsp3) is 1.00. The first-order valence-electron chi connectivity index (χ1n) is 4.44. The Balaban J connectivity index is 3.69. The monoisotopic (exact) mass is 159 g/mol. The van der Waals surface area contributed by atoms with Crippen molar-refractivity contribution in [3.8, 4) is 0 Å². The topological polar surface area (TPSA) is 46.2 Å². The second-order valence-corrected chi connectivity index (χ2v) is 3.76. The summed E-state index contributed by atoms with van der Waals surface area (Å²) in [6.45, 7) is 6.65. The quantitative estimate of drug-likeness (QED) is 0.636. The van der Waals surface area contributed by atoms with Gasteiger partial charge in [-0.05, 0) is 31.6 Å². The third-order valence-electron chi connectivity index (χ3n) is 2.02. The lowest BCUT2D eigenvalue weighted by Crippen LogP contribution is -2.28. The van der Waals surface area contributed by atoms with E-state index in [4.69, 9.17) is 10.8 Å². The molecule has 11 heavy (non-hydrogen) atoms. The third kappa shape index (κ3) is 5.22. The van der Waals surface area contributed by atoms with E-state index in [-0.39, 0.29) is 12.6 Å². The van der Waals surface area contributed by atoms with Crippen LogP contribution in [0.4, 0.5) is 0 Å². The molecular weight excluding hydrogens is 138 g/mol. The Bertz CT molecular complexity index is 91.6. The number of nitrogens with two attached hydrogens (primary N) is 1. The van der Waals surface area contributed by atoms with Gasteiger partial charge >= 0.3 is 0 Å². The Morgan fingerprint density at radius 2 is 1.82 bits per heavy atom. The summed E-state index contributed by atoms with van der Waals surface area (Å²) >= 11 is 0. The molecule has 0 heterocycles. The van der Waals surface area contributed by atoms with Gasteiger partial charge < -0.3 is 10.8 Å². The van der Waals surface area contributed by atoms with E-state index in [0.717, 1.165) is 12.8 Å². The molecule has 0 bridgehead atoms. The lowest BCUT2D eigenvalue weighted by molar-refractivity contribution is 0.228. The standard InChI is InChI=1S/C9H21NO/c1-7(2)6-9(4-5-11)8(3)10/h7-9,11H,4-6,10H2,1-3H3. The Hall–Kier alpha value is -0.0800. The molecule has 0 spiro atoms. The van der Waals surface area contributed by atoms with Gasteiger partial charge in [0.2, 0.25) is 0 Å². The lowest BCUT2D eigenvalue weighted by Gasteiger charge is -2.21. The highest BCUT2D eigenvalue weighted by Crippen LogP contribution is 2.17. The molecule has 0 saturated heterocycles.